The van der Waals surface area contributed by atoms with Crippen LogP contribution < -0.4 is 5.73 Å². The molecule has 0 saturated carbocycles. The molecule has 19 heavy (non-hydrogen) atoms. The fourth-order valence-corrected chi connectivity index (χ4v) is 2.80. The lowest BCUT2D eigenvalue weighted by Crippen LogP contribution is -2.29. The SMILES string of the molecule is CC(=O)SC1CC(=O)N(CCOCCOCCN)C1. The quantitative estimate of drug-likeness (QED) is 0.595. The van der Waals surface area contributed by atoms with Crippen LogP contribution in [0.15, 0.2) is 0 Å². The number of ether oxygens (including phenoxy) is 2. The number of likely N-dealkylation sites (tertiary alicyclic amines) is 1. The molecule has 1 rings (SSSR count). The van der Waals surface area contributed by atoms with Crippen molar-refractivity contribution in [2.24, 2.45) is 5.73 Å². The van der Waals surface area contributed by atoms with Crippen molar-refractivity contribution in [2.75, 3.05) is 46.1 Å². The van der Waals surface area contributed by atoms with Gasteiger partial charge in [0, 0.05) is 38.2 Å². The lowest BCUT2D eigenvalue weighted by atomic mass is 10.4. The molecule has 7 heteroatoms. The molecule has 0 spiro atoms. The second kappa shape index (κ2) is 9.30. The second-order valence-corrected chi connectivity index (χ2v) is 5.77. The Morgan fingerprint density at radius 2 is 2.05 bits per heavy atom. The third-order valence-corrected chi connectivity index (χ3v) is 3.63. The number of nitrogens with zero attached hydrogens (tertiary/aromatic N) is 1. The van der Waals surface area contributed by atoms with Crippen LogP contribution in [-0.2, 0) is 19.1 Å². The third-order valence-electron chi connectivity index (χ3n) is 2.65. The molecule has 1 aliphatic rings. The molecule has 1 heterocycles. The van der Waals surface area contributed by atoms with E-state index in [-0.39, 0.29) is 16.3 Å². The summed E-state index contributed by atoms with van der Waals surface area (Å²) in [4.78, 5) is 24.4. The van der Waals surface area contributed by atoms with Gasteiger partial charge in [0.25, 0.3) is 0 Å². The summed E-state index contributed by atoms with van der Waals surface area (Å²) in [6.07, 6.45) is 0.448. The summed E-state index contributed by atoms with van der Waals surface area (Å²) >= 11 is 1.25. The van der Waals surface area contributed by atoms with Crippen molar-refractivity contribution in [3.8, 4) is 0 Å². The number of rotatable bonds is 9. The number of carbonyl (C=O) groups is 2. The van der Waals surface area contributed by atoms with Crippen LogP contribution in [0, 0.1) is 0 Å². The lowest BCUT2D eigenvalue weighted by molar-refractivity contribution is -0.128. The molecule has 0 aromatic rings. The minimum absolute atomic E-state index is 0.0629. The smallest absolute Gasteiger partial charge is 0.223 e. The van der Waals surface area contributed by atoms with Crippen molar-refractivity contribution in [3.05, 3.63) is 0 Å². The van der Waals surface area contributed by atoms with Gasteiger partial charge in [-0.25, -0.2) is 0 Å². The first-order valence-electron chi connectivity index (χ1n) is 6.44. The largest absolute Gasteiger partial charge is 0.378 e. The van der Waals surface area contributed by atoms with E-state index in [2.05, 4.69) is 0 Å². The first-order chi connectivity index (χ1) is 9.13. The first-order valence-corrected chi connectivity index (χ1v) is 7.32. The highest BCUT2D eigenvalue weighted by molar-refractivity contribution is 8.14. The normalized spacial score (nSPS) is 19.2. The minimum Gasteiger partial charge on any atom is -0.378 e. The Hall–Kier alpha value is -0.630. The Labute approximate surface area is 118 Å². The van der Waals surface area contributed by atoms with Crippen LogP contribution in [0.2, 0.25) is 0 Å². The average molecular weight is 290 g/mol. The summed E-state index contributed by atoms with van der Waals surface area (Å²) in [6.45, 7) is 5.31. The van der Waals surface area contributed by atoms with E-state index in [4.69, 9.17) is 15.2 Å². The molecule has 1 fully saturated rings. The zero-order valence-corrected chi connectivity index (χ0v) is 12.1. The van der Waals surface area contributed by atoms with Crippen LogP contribution in [0.4, 0.5) is 0 Å². The molecule has 0 bridgehead atoms. The van der Waals surface area contributed by atoms with Gasteiger partial charge in [-0.3, -0.25) is 9.59 Å². The van der Waals surface area contributed by atoms with Crippen LogP contribution >= 0.6 is 11.8 Å². The molecular formula is C12H22N2O4S. The summed E-state index contributed by atoms with van der Waals surface area (Å²) in [5, 5.41) is 0.158. The molecule has 1 aliphatic heterocycles. The van der Waals surface area contributed by atoms with Gasteiger partial charge in [-0.2, -0.15) is 0 Å². The van der Waals surface area contributed by atoms with E-state index in [9.17, 15) is 9.59 Å². The van der Waals surface area contributed by atoms with Gasteiger partial charge in [0.1, 0.15) is 0 Å². The van der Waals surface area contributed by atoms with Gasteiger partial charge < -0.3 is 20.1 Å². The van der Waals surface area contributed by atoms with E-state index in [1.807, 2.05) is 0 Å². The second-order valence-electron chi connectivity index (χ2n) is 4.29. The molecule has 0 radical (unpaired) electrons. The number of hydrogen-bond acceptors (Lipinski definition) is 6. The lowest BCUT2D eigenvalue weighted by Gasteiger charge is -2.16. The maximum atomic E-state index is 11.7. The van der Waals surface area contributed by atoms with Crippen molar-refractivity contribution in [1.29, 1.82) is 0 Å². The van der Waals surface area contributed by atoms with Crippen LogP contribution in [0.5, 0.6) is 0 Å². The van der Waals surface area contributed by atoms with Gasteiger partial charge in [-0.1, -0.05) is 11.8 Å². The number of amides is 1. The monoisotopic (exact) mass is 290 g/mol. The fourth-order valence-electron chi connectivity index (χ4n) is 1.85. The Bertz CT molecular complexity index is 301. The Morgan fingerprint density at radius 1 is 1.37 bits per heavy atom. The molecule has 110 valence electrons. The van der Waals surface area contributed by atoms with Crippen LogP contribution in [0.1, 0.15) is 13.3 Å². The van der Waals surface area contributed by atoms with E-state index in [0.717, 1.165) is 0 Å². The summed E-state index contributed by atoms with van der Waals surface area (Å²) < 4.78 is 10.5. The predicted molar refractivity (Wildman–Crippen MR) is 73.9 cm³/mol. The Balaban J connectivity index is 2.06. The average Bonchev–Trinajstić information content (AvgIpc) is 2.67. The van der Waals surface area contributed by atoms with Crippen molar-refractivity contribution >= 4 is 22.8 Å². The molecule has 0 aromatic carbocycles. The summed E-state index contributed by atoms with van der Waals surface area (Å²) in [5.41, 5.74) is 5.28. The molecule has 1 saturated heterocycles. The summed E-state index contributed by atoms with van der Waals surface area (Å²) in [5.74, 6) is 0.0988. The van der Waals surface area contributed by atoms with Gasteiger partial charge in [-0.15, -0.1) is 0 Å². The molecular weight excluding hydrogens is 268 g/mol. The van der Waals surface area contributed by atoms with Crippen molar-refractivity contribution in [3.63, 3.8) is 0 Å². The first kappa shape index (κ1) is 16.4. The fraction of sp³-hybridized carbons (Fsp3) is 0.833. The van der Waals surface area contributed by atoms with Gasteiger partial charge in [-0.05, 0) is 0 Å². The highest BCUT2D eigenvalue weighted by Gasteiger charge is 2.30. The maximum Gasteiger partial charge on any atom is 0.223 e. The maximum absolute atomic E-state index is 11.7. The summed E-state index contributed by atoms with van der Waals surface area (Å²) in [6, 6.07) is 0. The van der Waals surface area contributed by atoms with Gasteiger partial charge in [0.15, 0.2) is 5.12 Å². The zero-order valence-electron chi connectivity index (χ0n) is 11.3. The number of nitrogens with two attached hydrogens (primary N) is 1. The molecule has 0 aromatic heterocycles. The molecule has 1 unspecified atom stereocenters. The highest BCUT2D eigenvalue weighted by Crippen LogP contribution is 2.23. The van der Waals surface area contributed by atoms with Gasteiger partial charge >= 0.3 is 0 Å². The van der Waals surface area contributed by atoms with E-state index in [1.54, 1.807) is 4.90 Å². The molecule has 2 N–H and O–H groups in total. The van der Waals surface area contributed by atoms with E-state index < -0.39 is 0 Å². The zero-order chi connectivity index (χ0) is 14.1. The van der Waals surface area contributed by atoms with E-state index in [1.165, 1.54) is 18.7 Å². The van der Waals surface area contributed by atoms with Crippen molar-refractivity contribution < 1.29 is 19.1 Å². The van der Waals surface area contributed by atoms with E-state index in [0.29, 0.717) is 52.5 Å². The number of hydrogen-bond donors (Lipinski definition) is 1. The Kier molecular flexibility index (Phi) is 8.04. The van der Waals surface area contributed by atoms with Gasteiger partial charge in [0.05, 0.1) is 26.4 Å². The van der Waals surface area contributed by atoms with Crippen LogP contribution in [-0.4, -0.2) is 67.2 Å². The standard InChI is InChI=1S/C12H22N2O4S/c1-10(15)19-11-8-12(16)14(9-11)3-5-18-7-6-17-4-2-13/h11H,2-9,13H2,1H3. The highest BCUT2D eigenvalue weighted by atomic mass is 32.2. The van der Waals surface area contributed by atoms with Gasteiger partial charge in [0.2, 0.25) is 5.91 Å². The van der Waals surface area contributed by atoms with Crippen LogP contribution in [0.3, 0.4) is 0 Å². The minimum atomic E-state index is 0.0629. The molecule has 1 atom stereocenters. The molecule has 0 aliphatic carbocycles. The summed E-state index contributed by atoms with van der Waals surface area (Å²) in [7, 11) is 0. The topological polar surface area (TPSA) is 81.9 Å². The van der Waals surface area contributed by atoms with Crippen molar-refractivity contribution in [1.82, 2.24) is 4.90 Å². The predicted octanol–water partition coefficient (Wildman–Crippen LogP) is -0.141. The number of carbonyl (C=O) groups excluding carboxylic acids is 2. The number of thioether (sulfide) groups is 1. The molecule has 6 nitrogen and oxygen atoms in total. The van der Waals surface area contributed by atoms with Crippen LogP contribution in [0.25, 0.3) is 0 Å². The Morgan fingerprint density at radius 3 is 2.68 bits per heavy atom. The van der Waals surface area contributed by atoms with E-state index >= 15 is 0 Å². The third kappa shape index (κ3) is 6.91. The van der Waals surface area contributed by atoms with Crippen molar-refractivity contribution in [2.45, 2.75) is 18.6 Å². The molecule has 1 amide bonds.